The molecule has 1 atom stereocenters. The summed E-state index contributed by atoms with van der Waals surface area (Å²) in [6.07, 6.45) is 1.46. The number of aromatic nitrogens is 1. The highest BCUT2D eigenvalue weighted by Crippen LogP contribution is 2.46. The molecule has 7 nitrogen and oxygen atoms in total. The minimum atomic E-state index is -1.21. The maximum atomic E-state index is 13.5. The lowest BCUT2D eigenvalue weighted by Gasteiger charge is -2.33. The predicted octanol–water partition coefficient (Wildman–Crippen LogP) is 4.98. The zero-order valence-corrected chi connectivity index (χ0v) is 21.2. The molecule has 0 saturated heterocycles. The van der Waals surface area contributed by atoms with Gasteiger partial charge < -0.3 is 23.9 Å². The third-order valence-corrected chi connectivity index (χ3v) is 6.77. The molecule has 0 fully saturated rings. The van der Waals surface area contributed by atoms with E-state index in [0.717, 1.165) is 34.4 Å². The van der Waals surface area contributed by atoms with Gasteiger partial charge in [0.05, 0.1) is 26.0 Å². The Kier molecular flexibility index (Phi) is 7.79. The monoisotopic (exact) mass is 491 g/mol. The van der Waals surface area contributed by atoms with Gasteiger partial charge in [0.15, 0.2) is 11.5 Å². The third-order valence-electron chi connectivity index (χ3n) is 6.77. The number of carboxylic acids is 1. The summed E-state index contributed by atoms with van der Waals surface area (Å²) in [5.41, 5.74) is 3.74. The molecule has 1 N–H and O–H groups in total. The molecule has 0 spiro atoms. The van der Waals surface area contributed by atoms with Crippen LogP contribution in [0.5, 0.6) is 11.5 Å². The molecule has 0 aliphatic heterocycles. The molecule has 1 aliphatic rings. The summed E-state index contributed by atoms with van der Waals surface area (Å²) < 4.78 is 18.4. The molecular formula is C29H33NO6. The van der Waals surface area contributed by atoms with Crippen LogP contribution in [0.15, 0.2) is 53.3 Å². The minimum Gasteiger partial charge on any atom is -0.493 e. The van der Waals surface area contributed by atoms with Gasteiger partial charge in [0.1, 0.15) is 5.56 Å². The quantitative estimate of drug-likeness (QED) is 0.403. The van der Waals surface area contributed by atoms with Gasteiger partial charge in [0.2, 0.25) is 0 Å². The molecule has 1 aromatic heterocycles. The molecule has 36 heavy (non-hydrogen) atoms. The number of fused-ring (bicyclic) bond motifs is 3. The van der Waals surface area contributed by atoms with E-state index in [1.807, 2.05) is 42.5 Å². The van der Waals surface area contributed by atoms with E-state index in [1.54, 1.807) is 24.9 Å². The van der Waals surface area contributed by atoms with E-state index in [0.29, 0.717) is 31.1 Å². The summed E-state index contributed by atoms with van der Waals surface area (Å²) in [5, 5.41) is 9.86. The molecule has 0 amide bonds. The SMILES string of the molecule is COCCCOc1cc2c(cc1OC)-c1c(cc(C(=O)O)c(=O)n1Cc1ccccc1)C(C(C)C)C2. The first-order valence-electron chi connectivity index (χ1n) is 12.2. The van der Waals surface area contributed by atoms with Crippen molar-refractivity contribution in [2.24, 2.45) is 5.92 Å². The number of hydrogen-bond donors (Lipinski definition) is 1. The van der Waals surface area contributed by atoms with Crippen molar-refractivity contribution in [3.63, 3.8) is 0 Å². The summed E-state index contributed by atoms with van der Waals surface area (Å²) in [6.45, 7) is 5.61. The molecular weight excluding hydrogens is 458 g/mol. The first kappa shape index (κ1) is 25.5. The Morgan fingerprint density at radius 2 is 1.83 bits per heavy atom. The number of methoxy groups -OCH3 is 2. The number of nitrogens with zero attached hydrogens (tertiary/aromatic N) is 1. The molecule has 0 radical (unpaired) electrons. The molecule has 2 aromatic carbocycles. The Labute approximate surface area is 211 Å². The Morgan fingerprint density at radius 1 is 1.08 bits per heavy atom. The number of carboxylic acid groups (broad SMARTS) is 1. The van der Waals surface area contributed by atoms with Gasteiger partial charge in [-0.3, -0.25) is 4.79 Å². The molecule has 1 unspecified atom stereocenters. The number of rotatable bonds is 10. The number of hydrogen-bond acceptors (Lipinski definition) is 5. The Morgan fingerprint density at radius 3 is 2.47 bits per heavy atom. The molecule has 1 heterocycles. The smallest absolute Gasteiger partial charge is 0.341 e. The van der Waals surface area contributed by atoms with Gasteiger partial charge in [-0.05, 0) is 53.1 Å². The zero-order chi connectivity index (χ0) is 25.8. The summed E-state index contributed by atoms with van der Waals surface area (Å²) in [6, 6.07) is 15.1. The Hall–Kier alpha value is -3.58. The second kappa shape index (κ2) is 11.0. The standard InChI is InChI=1S/C29H33NO6/c1-18(2)21-13-20-14-26(36-12-8-11-34-3)25(35-4)16-22(20)27-23(21)15-24(29(32)33)28(31)30(27)17-19-9-6-5-7-10-19/h5-7,9-10,14-16,18,21H,8,11-13,17H2,1-4H3,(H,32,33). The minimum absolute atomic E-state index is 0.0444. The normalized spacial score (nSPS) is 14.3. The molecule has 190 valence electrons. The Bertz CT molecular complexity index is 1300. The maximum absolute atomic E-state index is 13.5. The number of carbonyl (C=O) groups is 1. The summed E-state index contributed by atoms with van der Waals surface area (Å²) in [7, 11) is 3.25. The van der Waals surface area contributed by atoms with Crippen molar-refractivity contribution in [2.45, 2.75) is 39.2 Å². The van der Waals surface area contributed by atoms with E-state index < -0.39 is 11.5 Å². The van der Waals surface area contributed by atoms with E-state index >= 15 is 0 Å². The second-order valence-corrected chi connectivity index (χ2v) is 9.45. The van der Waals surface area contributed by atoms with Gasteiger partial charge in [-0.15, -0.1) is 0 Å². The summed E-state index contributed by atoms with van der Waals surface area (Å²) in [4.78, 5) is 25.6. The first-order chi connectivity index (χ1) is 17.3. The fourth-order valence-corrected chi connectivity index (χ4v) is 4.93. The van der Waals surface area contributed by atoms with Crippen molar-refractivity contribution in [3.05, 3.63) is 81.1 Å². The van der Waals surface area contributed by atoms with Crippen LogP contribution in [0.4, 0.5) is 0 Å². The van der Waals surface area contributed by atoms with Crippen molar-refractivity contribution in [2.75, 3.05) is 27.4 Å². The van der Waals surface area contributed by atoms with Crippen LogP contribution in [0.3, 0.4) is 0 Å². The fourth-order valence-electron chi connectivity index (χ4n) is 4.93. The zero-order valence-electron chi connectivity index (χ0n) is 21.2. The van der Waals surface area contributed by atoms with Crippen LogP contribution >= 0.6 is 0 Å². The third kappa shape index (κ3) is 5.02. The molecule has 4 rings (SSSR count). The highest BCUT2D eigenvalue weighted by atomic mass is 16.5. The lowest BCUT2D eigenvalue weighted by Crippen LogP contribution is -2.32. The summed E-state index contributed by atoms with van der Waals surface area (Å²) in [5.74, 6) is 0.284. The van der Waals surface area contributed by atoms with Crippen LogP contribution in [0.25, 0.3) is 11.3 Å². The van der Waals surface area contributed by atoms with Crippen LogP contribution in [0, 0.1) is 5.92 Å². The second-order valence-electron chi connectivity index (χ2n) is 9.45. The van der Waals surface area contributed by atoms with Crippen molar-refractivity contribution in [3.8, 4) is 22.8 Å². The molecule has 7 heteroatoms. The van der Waals surface area contributed by atoms with Crippen LogP contribution < -0.4 is 15.0 Å². The van der Waals surface area contributed by atoms with Gasteiger partial charge in [0.25, 0.3) is 5.56 Å². The van der Waals surface area contributed by atoms with Crippen LogP contribution in [0.2, 0.25) is 0 Å². The van der Waals surface area contributed by atoms with E-state index in [1.165, 1.54) is 0 Å². The Balaban J connectivity index is 1.94. The van der Waals surface area contributed by atoms with Crippen molar-refractivity contribution in [1.82, 2.24) is 4.57 Å². The van der Waals surface area contributed by atoms with Gasteiger partial charge >= 0.3 is 5.97 Å². The van der Waals surface area contributed by atoms with E-state index in [9.17, 15) is 14.7 Å². The molecule has 0 bridgehead atoms. The van der Waals surface area contributed by atoms with Gasteiger partial charge in [-0.1, -0.05) is 44.2 Å². The largest absolute Gasteiger partial charge is 0.493 e. The fraction of sp³-hybridized carbons (Fsp3) is 0.379. The maximum Gasteiger partial charge on any atom is 0.341 e. The van der Waals surface area contributed by atoms with Gasteiger partial charge in [-0.25, -0.2) is 4.79 Å². The van der Waals surface area contributed by atoms with Gasteiger partial charge in [0, 0.05) is 25.7 Å². The van der Waals surface area contributed by atoms with Crippen LogP contribution in [-0.2, 0) is 17.7 Å². The number of ether oxygens (including phenoxy) is 3. The van der Waals surface area contributed by atoms with E-state index in [4.69, 9.17) is 14.2 Å². The lowest BCUT2D eigenvalue weighted by atomic mass is 9.75. The van der Waals surface area contributed by atoms with Crippen molar-refractivity contribution < 1.29 is 24.1 Å². The number of benzene rings is 2. The van der Waals surface area contributed by atoms with Crippen LogP contribution in [-0.4, -0.2) is 43.1 Å². The average molecular weight is 492 g/mol. The van der Waals surface area contributed by atoms with E-state index in [2.05, 4.69) is 13.8 Å². The highest BCUT2D eigenvalue weighted by molar-refractivity contribution is 5.89. The van der Waals surface area contributed by atoms with Crippen molar-refractivity contribution >= 4 is 5.97 Å². The highest BCUT2D eigenvalue weighted by Gasteiger charge is 2.33. The van der Waals surface area contributed by atoms with Gasteiger partial charge in [-0.2, -0.15) is 0 Å². The number of pyridine rings is 1. The lowest BCUT2D eigenvalue weighted by molar-refractivity contribution is 0.0694. The van der Waals surface area contributed by atoms with Crippen LogP contribution in [0.1, 0.15) is 53.2 Å². The molecule has 3 aromatic rings. The molecule has 1 aliphatic carbocycles. The molecule has 0 saturated carbocycles. The first-order valence-corrected chi connectivity index (χ1v) is 12.2. The van der Waals surface area contributed by atoms with E-state index in [-0.39, 0.29) is 23.9 Å². The topological polar surface area (TPSA) is 87.0 Å². The van der Waals surface area contributed by atoms with Crippen molar-refractivity contribution in [1.29, 1.82) is 0 Å². The predicted molar refractivity (Wildman–Crippen MR) is 138 cm³/mol. The summed E-state index contributed by atoms with van der Waals surface area (Å²) >= 11 is 0. The average Bonchev–Trinajstić information content (AvgIpc) is 2.87. The number of aromatic carboxylic acids is 1.